The highest BCUT2D eigenvalue weighted by Gasteiger charge is 2.26. The van der Waals surface area contributed by atoms with Crippen molar-refractivity contribution in [2.75, 3.05) is 25.5 Å². The first kappa shape index (κ1) is 22.4. The van der Waals surface area contributed by atoms with Gasteiger partial charge in [-0.3, -0.25) is 9.10 Å². The summed E-state index contributed by atoms with van der Waals surface area (Å²) in [7, 11) is 0.907. The fourth-order valence-corrected chi connectivity index (χ4v) is 4.51. The summed E-state index contributed by atoms with van der Waals surface area (Å²) in [5, 5.41) is 0. The highest BCUT2D eigenvalue weighted by atomic mass is 32.2. The number of sulfonamides is 1. The quantitative estimate of drug-likeness (QED) is 0.557. The largest absolute Gasteiger partial charge is 0.496 e. The molecule has 0 atom stereocenters. The first-order valence-corrected chi connectivity index (χ1v) is 11.2. The summed E-state index contributed by atoms with van der Waals surface area (Å²) < 4.78 is 32.8. The molecule has 3 aromatic carbocycles. The van der Waals surface area contributed by atoms with Gasteiger partial charge in [0.05, 0.1) is 23.3 Å². The molecule has 162 valence electrons. The summed E-state index contributed by atoms with van der Waals surface area (Å²) in [6.07, 6.45) is 0. The number of carbonyl (C=O) groups is 1. The molecule has 0 spiro atoms. The number of rotatable bonds is 7. The van der Waals surface area contributed by atoms with Crippen molar-refractivity contribution in [3.63, 3.8) is 0 Å². The molecule has 3 aromatic rings. The zero-order valence-electron chi connectivity index (χ0n) is 18.1. The zero-order valence-corrected chi connectivity index (χ0v) is 18.9. The Kier molecular flexibility index (Phi) is 6.65. The Morgan fingerprint density at radius 3 is 2.19 bits per heavy atom. The van der Waals surface area contributed by atoms with Crippen molar-refractivity contribution in [3.8, 4) is 5.75 Å². The van der Waals surface area contributed by atoms with E-state index in [1.165, 1.54) is 7.05 Å². The Bertz CT molecular complexity index is 1170. The SMILES string of the molecule is COc1ccccc1CN(C)C(=O)c1ccccc1N(C)S(=O)(=O)c1ccc(C)cc1. The Balaban J connectivity index is 1.92. The molecule has 0 radical (unpaired) electrons. The van der Waals surface area contributed by atoms with Gasteiger partial charge in [0.25, 0.3) is 15.9 Å². The highest BCUT2D eigenvalue weighted by Crippen LogP contribution is 2.27. The number of benzene rings is 3. The van der Waals surface area contributed by atoms with E-state index in [1.54, 1.807) is 67.6 Å². The molecule has 1 amide bonds. The lowest BCUT2D eigenvalue weighted by Crippen LogP contribution is -2.31. The van der Waals surface area contributed by atoms with Crippen molar-refractivity contribution in [2.45, 2.75) is 18.4 Å². The summed E-state index contributed by atoms with van der Waals surface area (Å²) in [4.78, 5) is 15.0. The molecule has 31 heavy (non-hydrogen) atoms. The van der Waals surface area contributed by atoms with Crippen LogP contribution in [0.25, 0.3) is 0 Å². The number of anilines is 1. The van der Waals surface area contributed by atoms with Crippen LogP contribution in [-0.2, 0) is 16.6 Å². The van der Waals surface area contributed by atoms with E-state index in [0.29, 0.717) is 23.5 Å². The first-order chi connectivity index (χ1) is 14.8. The normalized spacial score (nSPS) is 11.1. The third-order valence-electron chi connectivity index (χ3n) is 5.10. The lowest BCUT2D eigenvalue weighted by atomic mass is 10.1. The predicted molar refractivity (Wildman–Crippen MR) is 122 cm³/mol. The van der Waals surface area contributed by atoms with E-state index in [4.69, 9.17) is 4.74 Å². The second-order valence-corrected chi connectivity index (χ2v) is 9.25. The molecule has 7 heteroatoms. The molecule has 0 saturated heterocycles. The molecule has 0 fully saturated rings. The fraction of sp³-hybridized carbons (Fsp3) is 0.208. The monoisotopic (exact) mass is 438 g/mol. The van der Waals surface area contributed by atoms with E-state index < -0.39 is 10.0 Å². The minimum Gasteiger partial charge on any atom is -0.496 e. The number of methoxy groups -OCH3 is 1. The second kappa shape index (κ2) is 9.22. The first-order valence-electron chi connectivity index (χ1n) is 9.77. The second-order valence-electron chi connectivity index (χ2n) is 7.28. The Morgan fingerprint density at radius 1 is 0.903 bits per heavy atom. The lowest BCUT2D eigenvalue weighted by molar-refractivity contribution is 0.0785. The number of ether oxygens (including phenoxy) is 1. The van der Waals surface area contributed by atoms with Gasteiger partial charge in [0.2, 0.25) is 0 Å². The molecule has 0 bridgehead atoms. The van der Waals surface area contributed by atoms with E-state index in [9.17, 15) is 13.2 Å². The number of carbonyl (C=O) groups excluding carboxylic acids is 1. The average Bonchev–Trinajstić information content (AvgIpc) is 2.78. The average molecular weight is 439 g/mol. The zero-order chi connectivity index (χ0) is 22.6. The van der Waals surface area contributed by atoms with Crippen LogP contribution < -0.4 is 9.04 Å². The van der Waals surface area contributed by atoms with Crippen molar-refractivity contribution in [1.29, 1.82) is 0 Å². The summed E-state index contributed by atoms with van der Waals surface area (Å²) in [5.74, 6) is 0.405. The van der Waals surface area contributed by atoms with E-state index in [1.807, 2.05) is 31.2 Å². The van der Waals surface area contributed by atoms with Crippen molar-refractivity contribution in [3.05, 3.63) is 89.5 Å². The highest BCUT2D eigenvalue weighted by molar-refractivity contribution is 7.92. The van der Waals surface area contributed by atoms with Crippen LogP contribution in [0, 0.1) is 6.92 Å². The molecule has 3 rings (SSSR count). The van der Waals surface area contributed by atoms with Crippen LogP contribution in [0.15, 0.2) is 77.7 Å². The fourth-order valence-electron chi connectivity index (χ4n) is 3.29. The van der Waals surface area contributed by atoms with Crippen LogP contribution >= 0.6 is 0 Å². The minimum atomic E-state index is -3.82. The van der Waals surface area contributed by atoms with Crippen LogP contribution in [0.3, 0.4) is 0 Å². The van der Waals surface area contributed by atoms with Crippen molar-refractivity contribution >= 4 is 21.6 Å². The Morgan fingerprint density at radius 2 is 1.52 bits per heavy atom. The molecular weight excluding hydrogens is 412 g/mol. The van der Waals surface area contributed by atoms with E-state index in [-0.39, 0.29) is 10.8 Å². The number of aryl methyl sites for hydroxylation is 1. The van der Waals surface area contributed by atoms with Crippen LogP contribution in [0.4, 0.5) is 5.69 Å². The van der Waals surface area contributed by atoms with Crippen LogP contribution in [-0.4, -0.2) is 40.4 Å². The van der Waals surface area contributed by atoms with Crippen LogP contribution in [0.5, 0.6) is 5.75 Å². The van der Waals surface area contributed by atoms with Gasteiger partial charge in [0.1, 0.15) is 5.75 Å². The maximum absolute atomic E-state index is 13.2. The number of hydrogen-bond acceptors (Lipinski definition) is 4. The third kappa shape index (κ3) is 4.72. The van der Waals surface area contributed by atoms with Crippen LogP contribution in [0.2, 0.25) is 0 Å². The molecule has 0 aliphatic carbocycles. The van der Waals surface area contributed by atoms with Gasteiger partial charge in [-0.1, -0.05) is 48.0 Å². The minimum absolute atomic E-state index is 0.172. The summed E-state index contributed by atoms with van der Waals surface area (Å²) in [6, 6.07) is 20.8. The molecule has 0 N–H and O–H groups in total. The molecular formula is C24H26N2O4S. The Hall–Kier alpha value is -3.32. The molecule has 0 aliphatic heterocycles. The van der Waals surface area contributed by atoms with Crippen molar-refractivity contribution in [1.82, 2.24) is 4.90 Å². The van der Waals surface area contributed by atoms with Gasteiger partial charge < -0.3 is 9.64 Å². The van der Waals surface area contributed by atoms with Gasteiger partial charge in [-0.05, 0) is 37.3 Å². The van der Waals surface area contributed by atoms with Crippen molar-refractivity contribution < 1.29 is 17.9 Å². The topological polar surface area (TPSA) is 66.9 Å². The molecule has 0 aliphatic rings. The summed E-state index contributed by atoms with van der Waals surface area (Å²) in [5.41, 5.74) is 2.45. The maximum Gasteiger partial charge on any atom is 0.264 e. The molecule has 0 aromatic heterocycles. The van der Waals surface area contributed by atoms with Gasteiger partial charge in [-0.25, -0.2) is 8.42 Å². The summed E-state index contributed by atoms with van der Waals surface area (Å²) in [6.45, 7) is 2.22. The van der Waals surface area contributed by atoms with Gasteiger partial charge >= 0.3 is 0 Å². The number of para-hydroxylation sites is 2. The van der Waals surface area contributed by atoms with E-state index in [0.717, 1.165) is 15.4 Å². The van der Waals surface area contributed by atoms with Crippen molar-refractivity contribution in [2.24, 2.45) is 0 Å². The Labute approximate surface area is 183 Å². The van der Waals surface area contributed by atoms with Gasteiger partial charge in [0.15, 0.2) is 0 Å². The van der Waals surface area contributed by atoms with Crippen LogP contribution in [0.1, 0.15) is 21.5 Å². The smallest absolute Gasteiger partial charge is 0.264 e. The standard InChI is InChI=1S/C24H26N2O4S/c1-18-13-15-20(16-14-18)31(28,29)26(3)22-11-7-6-10-21(22)24(27)25(2)17-19-9-5-8-12-23(19)30-4/h5-16H,17H2,1-4H3. The number of nitrogens with zero attached hydrogens (tertiary/aromatic N) is 2. The van der Waals surface area contributed by atoms with Gasteiger partial charge in [-0.15, -0.1) is 0 Å². The molecule has 6 nitrogen and oxygen atoms in total. The summed E-state index contributed by atoms with van der Waals surface area (Å²) >= 11 is 0. The third-order valence-corrected chi connectivity index (χ3v) is 6.89. The number of amides is 1. The molecule has 0 unspecified atom stereocenters. The maximum atomic E-state index is 13.2. The lowest BCUT2D eigenvalue weighted by Gasteiger charge is -2.25. The number of hydrogen-bond donors (Lipinski definition) is 0. The van der Waals surface area contributed by atoms with Gasteiger partial charge in [-0.2, -0.15) is 0 Å². The molecule has 0 heterocycles. The molecule has 0 saturated carbocycles. The van der Waals surface area contributed by atoms with E-state index >= 15 is 0 Å². The van der Waals surface area contributed by atoms with E-state index in [2.05, 4.69) is 0 Å². The predicted octanol–water partition coefficient (Wildman–Crippen LogP) is 4.10. The van der Waals surface area contributed by atoms with Gasteiger partial charge in [0, 0.05) is 26.2 Å².